The second kappa shape index (κ2) is 1.87. The molecule has 1 N–H and O–H groups in total. The van der Waals surface area contributed by atoms with Gasteiger partial charge in [0.05, 0.1) is 0 Å². The number of hydrogen-bond acceptors (Lipinski definition) is 2. The van der Waals surface area contributed by atoms with Gasteiger partial charge >= 0.3 is 0 Å². The van der Waals surface area contributed by atoms with Crippen molar-refractivity contribution in [3.63, 3.8) is 0 Å². The summed E-state index contributed by atoms with van der Waals surface area (Å²) in [5.41, 5.74) is 0. The quantitative estimate of drug-likeness (QED) is 0.531. The van der Waals surface area contributed by atoms with E-state index in [1.54, 1.807) is 6.08 Å². The third kappa shape index (κ3) is 0.846. The number of aliphatic hydroxyl groups excluding tert-OH is 1. The molecule has 0 saturated heterocycles. The lowest BCUT2D eigenvalue weighted by Crippen LogP contribution is -2.10. The van der Waals surface area contributed by atoms with Gasteiger partial charge in [0, 0.05) is 5.92 Å². The summed E-state index contributed by atoms with van der Waals surface area (Å²) in [6.07, 6.45) is 1.60. The topological polar surface area (TPSA) is 37.3 Å². The molecule has 0 aromatic rings. The summed E-state index contributed by atoms with van der Waals surface area (Å²) in [7, 11) is 0. The molecule has 0 fully saturated rings. The summed E-state index contributed by atoms with van der Waals surface area (Å²) in [4.78, 5) is 10.8. The molecule has 50 valence electrons. The van der Waals surface area contributed by atoms with E-state index in [2.05, 4.69) is 0 Å². The predicted octanol–water partition coefficient (Wildman–Crippen LogP) is 1.28. The Morgan fingerprint density at radius 1 is 1.56 bits per heavy atom. The molecule has 0 saturated carbocycles. The lowest BCUT2D eigenvalue weighted by atomic mass is 9.99. The molecule has 0 aromatic carbocycles. The van der Waals surface area contributed by atoms with Crippen LogP contribution in [-0.4, -0.2) is 10.9 Å². The summed E-state index contributed by atoms with van der Waals surface area (Å²) in [6.45, 7) is 3.75. The van der Waals surface area contributed by atoms with Crippen molar-refractivity contribution in [2.45, 2.75) is 13.8 Å². The number of carbonyl (C=O) groups is 1. The second-order valence-corrected chi connectivity index (χ2v) is 2.56. The molecule has 2 heteroatoms. The minimum Gasteiger partial charge on any atom is -0.505 e. The molecule has 0 amide bonds. The van der Waals surface area contributed by atoms with Crippen LogP contribution in [0, 0.1) is 11.8 Å². The summed E-state index contributed by atoms with van der Waals surface area (Å²) in [5.74, 6) is 0.000000000000000222. The lowest BCUT2D eigenvalue weighted by Gasteiger charge is -2.03. The fourth-order valence-electron chi connectivity index (χ4n) is 0.948. The monoisotopic (exact) mass is 126 g/mol. The average molecular weight is 126 g/mol. The van der Waals surface area contributed by atoms with Gasteiger partial charge in [-0.25, -0.2) is 0 Å². The Balaban J connectivity index is 2.82. The molecule has 2 atom stereocenters. The fourth-order valence-corrected chi connectivity index (χ4v) is 0.948. The van der Waals surface area contributed by atoms with Gasteiger partial charge < -0.3 is 5.11 Å². The maximum Gasteiger partial charge on any atom is 0.200 e. The Hall–Kier alpha value is -0.790. The number of hydrogen-bond donors (Lipinski definition) is 1. The molecule has 2 nitrogen and oxygen atoms in total. The fraction of sp³-hybridized carbons (Fsp3) is 0.571. The largest absolute Gasteiger partial charge is 0.505 e. The minimum absolute atomic E-state index is 0.0231. The van der Waals surface area contributed by atoms with Gasteiger partial charge in [0.15, 0.2) is 11.5 Å². The van der Waals surface area contributed by atoms with Gasteiger partial charge in [-0.3, -0.25) is 4.79 Å². The molecule has 9 heavy (non-hydrogen) atoms. The molecule has 0 radical (unpaired) electrons. The van der Waals surface area contributed by atoms with Crippen LogP contribution in [-0.2, 0) is 4.79 Å². The van der Waals surface area contributed by atoms with Crippen LogP contribution >= 0.6 is 0 Å². The third-order valence-electron chi connectivity index (χ3n) is 1.88. The maximum absolute atomic E-state index is 10.8. The highest BCUT2D eigenvalue weighted by Crippen LogP contribution is 2.24. The Morgan fingerprint density at radius 3 is 2.22 bits per heavy atom. The number of carbonyl (C=O) groups excluding carboxylic acids is 1. The van der Waals surface area contributed by atoms with Crippen LogP contribution in [0.25, 0.3) is 0 Å². The van der Waals surface area contributed by atoms with Crippen LogP contribution < -0.4 is 0 Å². The molecule has 1 rings (SSSR count). The SMILES string of the molecule is C[C@H]1C=C(O)C(=O)[C@@H]1C. The first-order valence-corrected chi connectivity index (χ1v) is 3.08. The highest BCUT2D eigenvalue weighted by molar-refractivity contribution is 5.97. The van der Waals surface area contributed by atoms with E-state index < -0.39 is 0 Å². The van der Waals surface area contributed by atoms with Crippen molar-refractivity contribution in [3.05, 3.63) is 11.8 Å². The van der Waals surface area contributed by atoms with Crippen LogP contribution in [0.4, 0.5) is 0 Å². The van der Waals surface area contributed by atoms with Crippen LogP contribution in [0.15, 0.2) is 11.8 Å². The molecule has 0 aromatic heterocycles. The van der Waals surface area contributed by atoms with Crippen molar-refractivity contribution in [2.75, 3.05) is 0 Å². The number of ketones is 1. The highest BCUT2D eigenvalue weighted by atomic mass is 16.3. The number of rotatable bonds is 0. The number of Topliss-reactive ketones (excluding diaryl/α,β-unsaturated/α-hetero) is 1. The van der Waals surface area contributed by atoms with Gasteiger partial charge in [0.2, 0.25) is 0 Å². The van der Waals surface area contributed by atoms with Crippen molar-refractivity contribution in [1.29, 1.82) is 0 Å². The normalized spacial score (nSPS) is 34.9. The van der Waals surface area contributed by atoms with E-state index in [-0.39, 0.29) is 23.4 Å². The van der Waals surface area contributed by atoms with Gasteiger partial charge in [-0.1, -0.05) is 13.8 Å². The van der Waals surface area contributed by atoms with Crippen molar-refractivity contribution < 1.29 is 9.90 Å². The van der Waals surface area contributed by atoms with Crippen molar-refractivity contribution >= 4 is 5.78 Å². The van der Waals surface area contributed by atoms with E-state index in [0.29, 0.717) is 0 Å². The first-order valence-electron chi connectivity index (χ1n) is 3.08. The van der Waals surface area contributed by atoms with Gasteiger partial charge in [0.1, 0.15) is 0 Å². The van der Waals surface area contributed by atoms with E-state index in [1.165, 1.54) is 0 Å². The van der Waals surface area contributed by atoms with Gasteiger partial charge in [0.25, 0.3) is 0 Å². The van der Waals surface area contributed by atoms with E-state index in [4.69, 9.17) is 5.11 Å². The number of aliphatic hydroxyl groups is 1. The van der Waals surface area contributed by atoms with E-state index >= 15 is 0 Å². The Kier molecular flexibility index (Phi) is 1.31. The third-order valence-corrected chi connectivity index (χ3v) is 1.88. The van der Waals surface area contributed by atoms with Gasteiger partial charge in [-0.2, -0.15) is 0 Å². The smallest absolute Gasteiger partial charge is 0.200 e. The van der Waals surface area contributed by atoms with Crippen molar-refractivity contribution in [2.24, 2.45) is 11.8 Å². The minimum atomic E-state index is -0.123. The molecule has 0 spiro atoms. The van der Waals surface area contributed by atoms with Crippen LogP contribution in [0.3, 0.4) is 0 Å². The Morgan fingerprint density at radius 2 is 2.11 bits per heavy atom. The molecular formula is C7H10O2. The zero-order valence-corrected chi connectivity index (χ0v) is 5.59. The van der Waals surface area contributed by atoms with Gasteiger partial charge in [-0.15, -0.1) is 0 Å². The number of allylic oxidation sites excluding steroid dienone is 2. The standard InChI is InChI=1S/C7H10O2/c1-4-3-6(8)7(9)5(4)2/h3-5,8H,1-2H3/t4-,5+/m0/s1. The predicted molar refractivity (Wildman–Crippen MR) is 34.0 cm³/mol. The van der Waals surface area contributed by atoms with Crippen molar-refractivity contribution in [1.82, 2.24) is 0 Å². The van der Waals surface area contributed by atoms with E-state index in [1.807, 2.05) is 13.8 Å². The average Bonchev–Trinajstić information content (AvgIpc) is 1.98. The first kappa shape index (κ1) is 6.33. The maximum atomic E-state index is 10.8. The summed E-state index contributed by atoms with van der Waals surface area (Å²) < 4.78 is 0. The zero-order chi connectivity index (χ0) is 7.02. The molecular weight excluding hydrogens is 116 g/mol. The van der Waals surface area contributed by atoms with E-state index in [0.717, 1.165) is 0 Å². The summed E-state index contributed by atoms with van der Waals surface area (Å²) >= 11 is 0. The lowest BCUT2D eigenvalue weighted by molar-refractivity contribution is -0.120. The van der Waals surface area contributed by atoms with Crippen molar-refractivity contribution in [3.8, 4) is 0 Å². The molecule has 0 heterocycles. The molecule has 0 aliphatic heterocycles. The zero-order valence-electron chi connectivity index (χ0n) is 5.59. The summed E-state index contributed by atoms with van der Waals surface area (Å²) in [5, 5.41) is 8.85. The van der Waals surface area contributed by atoms with Gasteiger partial charge in [-0.05, 0) is 12.0 Å². The highest BCUT2D eigenvalue weighted by Gasteiger charge is 2.28. The van der Waals surface area contributed by atoms with Crippen LogP contribution in [0.2, 0.25) is 0 Å². The Labute approximate surface area is 54.2 Å². The molecule has 1 aliphatic carbocycles. The summed E-state index contributed by atoms with van der Waals surface area (Å²) in [6, 6.07) is 0. The molecule has 0 unspecified atom stereocenters. The Bertz CT molecular complexity index is 170. The second-order valence-electron chi connectivity index (χ2n) is 2.56. The van der Waals surface area contributed by atoms with E-state index in [9.17, 15) is 4.79 Å². The van der Waals surface area contributed by atoms with Crippen LogP contribution in [0.1, 0.15) is 13.8 Å². The van der Waals surface area contributed by atoms with Crippen LogP contribution in [0.5, 0.6) is 0 Å². The molecule has 0 bridgehead atoms. The first-order chi connectivity index (χ1) is 4.13. The molecule has 1 aliphatic rings.